The summed E-state index contributed by atoms with van der Waals surface area (Å²) in [4.78, 5) is 30.4. The number of rotatable bonds is 4. The van der Waals surface area contributed by atoms with Crippen molar-refractivity contribution in [3.8, 4) is 11.4 Å². The van der Waals surface area contributed by atoms with Crippen molar-refractivity contribution in [3.63, 3.8) is 0 Å². The van der Waals surface area contributed by atoms with Crippen LogP contribution in [0.3, 0.4) is 0 Å². The molecule has 1 aliphatic carbocycles. The van der Waals surface area contributed by atoms with Gasteiger partial charge in [-0.2, -0.15) is 4.98 Å². The van der Waals surface area contributed by atoms with Crippen LogP contribution in [-0.2, 0) is 4.79 Å². The van der Waals surface area contributed by atoms with Gasteiger partial charge in [-0.1, -0.05) is 17.3 Å². The Bertz CT molecular complexity index is 812. The number of nitrogens with zero attached hydrogens (tertiary/aromatic N) is 3. The largest absolute Gasteiger partial charge is 0.349 e. The van der Waals surface area contributed by atoms with Crippen LogP contribution in [0.4, 0.5) is 0 Å². The zero-order valence-electron chi connectivity index (χ0n) is 14.1. The number of aromatic nitrogens is 2. The fourth-order valence-electron chi connectivity index (χ4n) is 2.98. The fraction of sp³-hybridized carbons (Fsp3) is 0.444. The van der Waals surface area contributed by atoms with E-state index in [1.165, 1.54) is 0 Å². The molecule has 2 aromatic rings. The van der Waals surface area contributed by atoms with Gasteiger partial charge in [-0.25, -0.2) is 0 Å². The Hall–Kier alpha value is -2.70. The van der Waals surface area contributed by atoms with E-state index < -0.39 is 0 Å². The van der Waals surface area contributed by atoms with Crippen molar-refractivity contribution in [1.82, 2.24) is 20.4 Å². The van der Waals surface area contributed by atoms with Gasteiger partial charge in [0, 0.05) is 43.1 Å². The molecule has 2 fully saturated rings. The normalized spacial score (nSPS) is 20.6. The highest BCUT2D eigenvalue weighted by molar-refractivity contribution is 5.95. The van der Waals surface area contributed by atoms with Gasteiger partial charge in [0.1, 0.15) is 0 Å². The van der Waals surface area contributed by atoms with Crippen LogP contribution in [0, 0.1) is 0 Å². The van der Waals surface area contributed by atoms with Gasteiger partial charge in [-0.05, 0) is 31.4 Å². The maximum Gasteiger partial charge on any atom is 0.251 e. The molecule has 2 aliphatic rings. The molecule has 7 nitrogen and oxygen atoms in total. The fourth-order valence-corrected chi connectivity index (χ4v) is 2.98. The molecule has 7 heteroatoms. The quantitative estimate of drug-likeness (QED) is 0.919. The zero-order chi connectivity index (χ0) is 17.4. The summed E-state index contributed by atoms with van der Waals surface area (Å²) in [6.07, 6.45) is 3.31. The Morgan fingerprint density at radius 3 is 2.92 bits per heavy atom. The molecule has 1 N–H and O–H groups in total. The van der Waals surface area contributed by atoms with E-state index in [-0.39, 0.29) is 17.9 Å². The number of amides is 2. The Kier molecular flexibility index (Phi) is 3.99. The van der Waals surface area contributed by atoms with E-state index in [9.17, 15) is 9.59 Å². The zero-order valence-corrected chi connectivity index (χ0v) is 14.1. The molecule has 2 amide bonds. The van der Waals surface area contributed by atoms with Crippen molar-refractivity contribution in [3.05, 3.63) is 35.7 Å². The number of carbonyl (C=O) groups excluding carboxylic acids is 2. The van der Waals surface area contributed by atoms with E-state index in [0.717, 1.165) is 24.8 Å². The van der Waals surface area contributed by atoms with Crippen LogP contribution in [0.15, 0.2) is 28.8 Å². The third kappa shape index (κ3) is 3.40. The number of hydrogen-bond acceptors (Lipinski definition) is 5. The van der Waals surface area contributed by atoms with Crippen LogP contribution in [0.2, 0.25) is 0 Å². The van der Waals surface area contributed by atoms with Gasteiger partial charge in [0.05, 0.1) is 0 Å². The standard InChI is InChI=1S/C18H20N4O3/c1-22-8-7-14(10-15(22)23)19-17(24)13-4-2-3-12(9-13)16-20-18(25-21-16)11-5-6-11/h2-4,9,11,14H,5-8,10H2,1H3,(H,19,24). The first-order chi connectivity index (χ1) is 12.1. The van der Waals surface area contributed by atoms with Crippen molar-refractivity contribution < 1.29 is 14.1 Å². The second-order valence-corrected chi connectivity index (χ2v) is 6.79. The van der Waals surface area contributed by atoms with Gasteiger partial charge < -0.3 is 14.7 Å². The Balaban J connectivity index is 1.46. The Morgan fingerprint density at radius 2 is 2.16 bits per heavy atom. The summed E-state index contributed by atoms with van der Waals surface area (Å²) in [6.45, 7) is 0.663. The van der Waals surface area contributed by atoms with Gasteiger partial charge in [0.2, 0.25) is 17.6 Å². The monoisotopic (exact) mass is 340 g/mol. The maximum atomic E-state index is 12.5. The minimum Gasteiger partial charge on any atom is -0.349 e. The molecule has 1 saturated heterocycles. The van der Waals surface area contributed by atoms with Crippen LogP contribution in [0.25, 0.3) is 11.4 Å². The van der Waals surface area contributed by atoms with Gasteiger partial charge in [-0.15, -0.1) is 0 Å². The lowest BCUT2D eigenvalue weighted by Crippen LogP contribution is -2.46. The van der Waals surface area contributed by atoms with Crippen LogP contribution < -0.4 is 5.32 Å². The number of hydrogen-bond donors (Lipinski definition) is 1. The molecule has 2 heterocycles. The molecule has 0 spiro atoms. The highest BCUT2D eigenvalue weighted by atomic mass is 16.5. The molecule has 4 rings (SSSR count). The third-order valence-corrected chi connectivity index (χ3v) is 4.75. The topological polar surface area (TPSA) is 88.3 Å². The second kappa shape index (κ2) is 6.31. The van der Waals surface area contributed by atoms with E-state index in [2.05, 4.69) is 15.5 Å². The summed E-state index contributed by atoms with van der Waals surface area (Å²) < 4.78 is 5.28. The molecule has 1 aromatic heterocycles. The van der Waals surface area contributed by atoms with Crippen LogP contribution in [0.5, 0.6) is 0 Å². The first kappa shape index (κ1) is 15.8. The minimum absolute atomic E-state index is 0.0599. The van der Waals surface area contributed by atoms with Gasteiger partial charge in [-0.3, -0.25) is 9.59 Å². The smallest absolute Gasteiger partial charge is 0.251 e. The summed E-state index contributed by atoms with van der Waals surface area (Å²) in [7, 11) is 1.78. The average Bonchev–Trinajstić information content (AvgIpc) is 3.35. The van der Waals surface area contributed by atoms with E-state index in [1.807, 2.05) is 6.07 Å². The predicted octanol–water partition coefficient (Wildman–Crippen LogP) is 1.96. The van der Waals surface area contributed by atoms with E-state index in [4.69, 9.17) is 4.52 Å². The summed E-state index contributed by atoms with van der Waals surface area (Å²) in [5.74, 6) is 1.45. The number of piperidine rings is 1. The number of carbonyl (C=O) groups is 2. The van der Waals surface area contributed by atoms with Gasteiger partial charge >= 0.3 is 0 Å². The molecule has 130 valence electrons. The molecule has 0 radical (unpaired) electrons. The molecule has 1 saturated carbocycles. The minimum atomic E-state index is -0.185. The molecular weight excluding hydrogens is 320 g/mol. The number of likely N-dealkylation sites (tertiary alicyclic amines) is 1. The lowest BCUT2D eigenvalue weighted by molar-refractivity contribution is -0.132. The van der Waals surface area contributed by atoms with Gasteiger partial charge in [0.15, 0.2) is 0 Å². The first-order valence-corrected chi connectivity index (χ1v) is 8.59. The number of benzene rings is 1. The van der Waals surface area contributed by atoms with Crippen molar-refractivity contribution in [2.45, 2.75) is 37.6 Å². The highest BCUT2D eigenvalue weighted by Crippen LogP contribution is 2.39. The highest BCUT2D eigenvalue weighted by Gasteiger charge is 2.30. The SMILES string of the molecule is CN1CCC(NC(=O)c2cccc(-c3noc(C4CC4)n3)c2)CC1=O. The molecule has 1 unspecified atom stereocenters. The summed E-state index contributed by atoms with van der Waals surface area (Å²) in [5, 5.41) is 6.96. The summed E-state index contributed by atoms with van der Waals surface area (Å²) in [5.41, 5.74) is 1.28. The summed E-state index contributed by atoms with van der Waals surface area (Å²) in [6, 6.07) is 7.05. The molecule has 1 aliphatic heterocycles. The maximum absolute atomic E-state index is 12.5. The van der Waals surface area contributed by atoms with Crippen molar-refractivity contribution in [2.75, 3.05) is 13.6 Å². The Morgan fingerprint density at radius 1 is 1.32 bits per heavy atom. The average molecular weight is 340 g/mol. The van der Waals surface area contributed by atoms with Crippen LogP contribution >= 0.6 is 0 Å². The lowest BCUT2D eigenvalue weighted by Gasteiger charge is -2.29. The third-order valence-electron chi connectivity index (χ3n) is 4.75. The molecule has 0 bridgehead atoms. The molecule has 1 aromatic carbocycles. The van der Waals surface area contributed by atoms with Crippen molar-refractivity contribution in [1.29, 1.82) is 0 Å². The molecule has 1 atom stereocenters. The van der Waals surface area contributed by atoms with E-state index in [1.54, 1.807) is 30.1 Å². The van der Waals surface area contributed by atoms with Crippen molar-refractivity contribution >= 4 is 11.8 Å². The molecule has 25 heavy (non-hydrogen) atoms. The van der Waals surface area contributed by atoms with E-state index >= 15 is 0 Å². The molecular formula is C18H20N4O3. The van der Waals surface area contributed by atoms with Crippen LogP contribution in [-0.4, -0.2) is 46.5 Å². The first-order valence-electron chi connectivity index (χ1n) is 8.59. The van der Waals surface area contributed by atoms with E-state index in [0.29, 0.717) is 36.2 Å². The second-order valence-electron chi connectivity index (χ2n) is 6.79. The summed E-state index contributed by atoms with van der Waals surface area (Å²) >= 11 is 0. The predicted molar refractivity (Wildman–Crippen MR) is 89.8 cm³/mol. The number of nitrogens with one attached hydrogen (secondary N) is 1. The Labute approximate surface area is 145 Å². The van der Waals surface area contributed by atoms with Crippen molar-refractivity contribution in [2.24, 2.45) is 0 Å². The lowest BCUT2D eigenvalue weighted by atomic mass is 10.0. The van der Waals surface area contributed by atoms with Gasteiger partial charge in [0.25, 0.3) is 5.91 Å². The van der Waals surface area contributed by atoms with Crippen LogP contribution in [0.1, 0.15) is 47.8 Å².